The first kappa shape index (κ1) is 16.8. The molecule has 9 heteroatoms. The number of benzene rings is 2. The second kappa shape index (κ2) is 6.95. The number of carbonyl (C=O) groups is 1. The molecule has 26 heavy (non-hydrogen) atoms. The average Bonchev–Trinajstić information content (AvgIpc) is 3.26. The molecule has 0 unspecified atom stereocenters. The number of nitroso groups, excluding NO2 is 1. The molecule has 0 amide bonds. The molecule has 0 spiro atoms. The van der Waals surface area contributed by atoms with Crippen molar-refractivity contribution in [1.82, 2.24) is 9.78 Å². The van der Waals surface area contributed by atoms with Crippen molar-refractivity contribution in [2.75, 3.05) is 0 Å². The molecule has 4 rings (SSSR count). The third-order valence-corrected chi connectivity index (χ3v) is 5.96. The summed E-state index contributed by atoms with van der Waals surface area (Å²) < 4.78 is 8.65. The number of hydrogen-bond donors (Lipinski definition) is 0. The molecule has 2 aromatic heterocycles. The SMILES string of the molecule is O=N/N=c1/[se]c(C(=O)c2cc3cc(Br)ccc3o2)nn1-c1ccccc1. The van der Waals surface area contributed by atoms with Crippen molar-refractivity contribution in [3.8, 4) is 5.69 Å². The molecule has 0 aliphatic carbocycles. The number of aromatic nitrogens is 2. The van der Waals surface area contributed by atoms with Crippen molar-refractivity contribution in [3.63, 3.8) is 0 Å². The molecule has 0 N–H and O–H groups in total. The van der Waals surface area contributed by atoms with Crippen LogP contribution in [0.5, 0.6) is 0 Å². The third kappa shape index (κ3) is 3.12. The van der Waals surface area contributed by atoms with E-state index in [0.29, 0.717) is 20.2 Å². The van der Waals surface area contributed by atoms with E-state index in [1.54, 1.807) is 12.1 Å². The van der Waals surface area contributed by atoms with Crippen molar-refractivity contribution < 1.29 is 9.21 Å². The first-order chi connectivity index (χ1) is 12.7. The molecule has 0 aliphatic heterocycles. The van der Waals surface area contributed by atoms with E-state index in [0.717, 1.165) is 9.86 Å². The summed E-state index contributed by atoms with van der Waals surface area (Å²) in [5, 5.41) is 11.4. The minimum absolute atomic E-state index is 0.201. The first-order valence-electron chi connectivity index (χ1n) is 7.41. The van der Waals surface area contributed by atoms with E-state index in [9.17, 15) is 9.70 Å². The topological polar surface area (TPSA) is 89.8 Å². The minimum atomic E-state index is -0.555. The number of halogens is 1. The molecule has 2 heterocycles. The molecular formula is C17H9BrN4O3Se. The second-order valence-corrected chi connectivity index (χ2v) is 8.16. The summed E-state index contributed by atoms with van der Waals surface area (Å²) >= 11 is 2.84. The van der Waals surface area contributed by atoms with Crippen LogP contribution in [0.15, 0.2) is 73.9 Å². The van der Waals surface area contributed by atoms with Gasteiger partial charge < -0.3 is 0 Å². The maximum absolute atomic E-state index is 12.8. The Morgan fingerprint density at radius 1 is 1.15 bits per heavy atom. The standard InChI is InChI=1S/C17H9BrN4O3Se/c18-11-6-7-13-10(8-11)9-14(25-13)15(23)16-20-22(17(26-16)19-21-24)12-4-2-1-3-5-12/h1-9H/b19-17+. The summed E-state index contributed by atoms with van der Waals surface area (Å²) in [4.78, 5) is 23.4. The van der Waals surface area contributed by atoms with E-state index in [2.05, 4.69) is 31.4 Å². The Hall–Kier alpha value is -2.61. The van der Waals surface area contributed by atoms with Gasteiger partial charge in [0.15, 0.2) is 0 Å². The molecule has 0 saturated carbocycles. The predicted octanol–water partition coefficient (Wildman–Crippen LogP) is 3.25. The van der Waals surface area contributed by atoms with Gasteiger partial charge in [-0.1, -0.05) is 0 Å². The molecule has 0 bridgehead atoms. The van der Waals surface area contributed by atoms with Gasteiger partial charge in [0.05, 0.1) is 0 Å². The first-order valence-corrected chi connectivity index (χ1v) is 9.92. The zero-order valence-electron chi connectivity index (χ0n) is 13.0. The molecule has 128 valence electrons. The quantitative estimate of drug-likeness (QED) is 0.196. The average molecular weight is 476 g/mol. The van der Waals surface area contributed by atoms with Crippen molar-refractivity contribution in [2.24, 2.45) is 10.4 Å². The summed E-state index contributed by atoms with van der Waals surface area (Å²) in [6.07, 6.45) is 0. The molecule has 0 aliphatic rings. The van der Waals surface area contributed by atoms with Crippen LogP contribution < -0.4 is 4.36 Å². The Bertz CT molecular complexity index is 1190. The van der Waals surface area contributed by atoms with Crippen LogP contribution in [0.3, 0.4) is 0 Å². The fourth-order valence-corrected chi connectivity index (χ4v) is 4.49. The number of fused-ring (bicyclic) bond motifs is 1. The van der Waals surface area contributed by atoms with Gasteiger partial charge in [-0.25, -0.2) is 0 Å². The van der Waals surface area contributed by atoms with Crippen LogP contribution in [0.4, 0.5) is 0 Å². The van der Waals surface area contributed by atoms with Gasteiger partial charge in [-0.05, 0) is 0 Å². The van der Waals surface area contributed by atoms with Crippen molar-refractivity contribution in [3.05, 3.63) is 78.7 Å². The van der Waals surface area contributed by atoms with Crippen LogP contribution in [-0.2, 0) is 0 Å². The van der Waals surface area contributed by atoms with E-state index in [1.807, 2.05) is 42.5 Å². The van der Waals surface area contributed by atoms with Crippen LogP contribution in [-0.4, -0.2) is 30.1 Å². The monoisotopic (exact) mass is 476 g/mol. The summed E-state index contributed by atoms with van der Waals surface area (Å²) in [5.74, 6) is -0.124. The third-order valence-electron chi connectivity index (χ3n) is 3.58. The van der Waals surface area contributed by atoms with Crippen LogP contribution in [0.1, 0.15) is 15.1 Å². The van der Waals surface area contributed by atoms with Crippen LogP contribution in [0.2, 0.25) is 0 Å². The van der Waals surface area contributed by atoms with Gasteiger partial charge in [0.2, 0.25) is 0 Å². The number of furan rings is 1. The number of hydrogen-bond acceptors (Lipinski definition) is 5. The molecule has 7 nitrogen and oxygen atoms in total. The molecular weight excluding hydrogens is 467 g/mol. The summed E-state index contributed by atoms with van der Waals surface area (Å²) in [5.41, 5.74) is 1.32. The van der Waals surface area contributed by atoms with E-state index >= 15 is 0 Å². The molecule has 0 radical (unpaired) electrons. The Morgan fingerprint density at radius 2 is 1.96 bits per heavy atom. The number of nitrogens with zero attached hydrogens (tertiary/aromatic N) is 4. The molecule has 0 fully saturated rings. The number of rotatable bonds is 4. The predicted molar refractivity (Wildman–Crippen MR) is 99.2 cm³/mol. The number of para-hydroxylation sites is 1. The Balaban J connectivity index is 1.80. The van der Waals surface area contributed by atoms with Crippen molar-refractivity contribution >= 4 is 47.2 Å². The van der Waals surface area contributed by atoms with Gasteiger partial charge in [-0.15, -0.1) is 0 Å². The van der Waals surface area contributed by atoms with Crippen molar-refractivity contribution in [2.45, 2.75) is 0 Å². The fourth-order valence-electron chi connectivity index (χ4n) is 2.44. The Kier molecular flexibility index (Phi) is 4.50. The van der Waals surface area contributed by atoms with Gasteiger partial charge in [0.25, 0.3) is 0 Å². The Labute approximate surface area is 160 Å². The summed E-state index contributed by atoms with van der Waals surface area (Å²) in [7, 11) is 0. The van der Waals surface area contributed by atoms with Crippen LogP contribution >= 0.6 is 15.9 Å². The van der Waals surface area contributed by atoms with Crippen LogP contribution in [0, 0.1) is 4.91 Å². The molecule has 0 saturated heterocycles. The van der Waals surface area contributed by atoms with Gasteiger partial charge >= 0.3 is 161 Å². The summed E-state index contributed by atoms with van der Waals surface area (Å²) in [6.45, 7) is 0. The van der Waals surface area contributed by atoms with E-state index in [-0.39, 0.29) is 11.5 Å². The maximum atomic E-state index is 12.8. The van der Waals surface area contributed by atoms with Crippen molar-refractivity contribution in [1.29, 1.82) is 0 Å². The Morgan fingerprint density at radius 3 is 2.73 bits per heavy atom. The van der Waals surface area contributed by atoms with E-state index in [4.69, 9.17) is 4.42 Å². The molecule has 4 aromatic rings. The number of ketones is 1. The van der Waals surface area contributed by atoms with Crippen LogP contribution in [0.25, 0.3) is 16.7 Å². The zero-order valence-corrected chi connectivity index (χ0v) is 16.3. The zero-order chi connectivity index (χ0) is 18.1. The number of carbonyl (C=O) groups excluding carboxylic acids is 1. The van der Waals surface area contributed by atoms with Gasteiger partial charge in [-0.2, -0.15) is 0 Å². The normalized spacial score (nSPS) is 11.8. The van der Waals surface area contributed by atoms with Gasteiger partial charge in [0, 0.05) is 0 Å². The molecule has 2 aromatic carbocycles. The second-order valence-electron chi connectivity index (χ2n) is 5.24. The van der Waals surface area contributed by atoms with E-state index in [1.165, 1.54) is 4.68 Å². The molecule has 0 atom stereocenters. The fraction of sp³-hybridized carbons (Fsp3) is 0. The van der Waals surface area contributed by atoms with E-state index < -0.39 is 14.5 Å². The summed E-state index contributed by atoms with van der Waals surface area (Å²) in [6, 6.07) is 16.3. The van der Waals surface area contributed by atoms with Gasteiger partial charge in [-0.3, -0.25) is 0 Å². The van der Waals surface area contributed by atoms with Gasteiger partial charge in [0.1, 0.15) is 0 Å².